The summed E-state index contributed by atoms with van der Waals surface area (Å²) in [6.45, 7) is 0. The third-order valence-corrected chi connectivity index (χ3v) is 4.88. The molecule has 3 aromatic rings. The number of nitrogens with one attached hydrogen (secondary N) is 1. The van der Waals surface area contributed by atoms with Gasteiger partial charge in [0.05, 0.1) is 5.92 Å². The van der Waals surface area contributed by atoms with E-state index in [1.165, 1.54) is 22.3 Å². The van der Waals surface area contributed by atoms with Crippen molar-refractivity contribution >= 4 is 11.8 Å². The molecule has 1 fully saturated rings. The number of rotatable bonds is 1. The van der Waals surface area contributed by atoms with Crippen LogP contribution in [-0.2, 0) is 16.0 Å². The van der Waals surface area contributed by atoms with Gasteiger partial charge in [0.15, 0.2) is 0 Å². The van der Waals surface area contributed by atoms with Gasteiger partial charge in [-0.25, -0.2) is 0 Å². The van der Waals surface area contributed by atoms with Gasteiger partial charge in [-0.3, -0.25) is 14.9 Å². The first-order chi connectivity index (χ1) is 12.7. The summed E-state index contributed by atoms with van der Waals surface area (Å²) in [5.74, 6) is -0.649. The van der Waals surface area contributed by atoms with Crippen molar-refractivity contribution in [1.82, 2.24) is 5.32 Å². The van der Waals surface area contributed by atoms with E-state index in [9.17, 15) is 9.59 Å². The fourth-order valence-electron chi connectivity index (χ4n) is 3.59. The van der Waals surface area contributed by atoms with E-state index in [1.807, 2.05) is 30.3 Å². The zero-order valence-electron chi connectivity index (χ0n) is 14.3. The van der Waals surface area contributed by atoms with Crippen molar-refractivity contribution in [2.24, 2.45) is 0 Å². The maximum atomic E-state index is 11.3. The lowest BCUT2D eigenvalue weighted by Crippen LogP contribution is -2.21. The molecule has 26 heavy (non-hydrogen) atoms. The fourth-order valence-corrected chi connectivity index (χ4v) is 3.59. The van der Waals surface area contributed by atoms with Gasteiger partial charge >= 0.3 is 0 Å². The van der Waals surface area contributed by atoms with Crippen LogP contribution in [0.2, 0.25) is 0 Å². The predicted molar refractivity (Wildman–Crippen MR) is 102 cm³/mol. The minimum Gasteiger partial charge on any atom is -0.296 e. The van der Waals surface area contributed by atoms with Gasteiger partial charge in [-0.15, -0.1) is 0 Å². The lowest BCUT2D eigenvalue weighted by molar-refractivity contribution is -0.125. The molecule has 1 unspecified atom stereocenters. The van der Waals surface area contributed by atoms with E-state index in [-0.39, 0.29) is 24.2 Å². The van der Waals surface area contributed by atoms with Crippen LogP contribution in [0.5, 0.6) is 0 Å². The lowest BCUT2D eigenvalue weighted by atomic mass is 9.98. The number of benzene rings is 3. The van der Waals surface area contributed by atoms with Crippen LogP contribution in [0.4, 0.5) is 0 Å². The molecule has 2 amide bonds. The highest BCUT2D eigenvalue weighted by Gasteiger charge is 2.31. The number of fused-ring (bicyclic) bond motifs is 3. The zero-order chi connectivity index (χ0) is 17.9. The minimum atomic E-state index is -0.284. The van der Waals surface area contributed by atoms with Gasteiger partial charge in [-0.1, -0.05) is 78.9 Å². The van der Waals surface area contributed by atoms with E-state index >= 15 is 0 Å². The Balaban J connectivity index is 0.000000129. The van der Waals surface area contributed by atoms with Crippen molar-refractivity contribution < 1.29 is 9.59 Å². The summed E-state index contributed by atoms with van der Waals surface area (Å²) < 4.78 is 0. The van der Waals surface area contributed by atoms with Gasteiger partial charge < -0.3 is 0 Å². The second-order valence-corrected chi connectivity index (χ2v) is 6.57. The third kappa shape index (κ3) is 3.16. The van der Waals surface area contributed by atoms with E-state index in [0.29, 0.717) is 0 Å². The summed E-state index contributed by atoms with van der Waals surface area (Å²) in [4.78, 5) is 22.2. The van der Waals surface area contributed by atoms with E-state index in [1.54, 1.807) is 0 Å². The topological polar surface area (TPSA) is 46.2 Å². The molecular formula is C23H19NO2. The van der Waals surface area contributed by atoms with E-state index in [0.717, 1.165) is 12.0 Å². The number of carbonyl (C=O) groups excluding carboxylic acids is 2. The first-order valence-corrected chi connectivity index (χ1v) is 8.77. The molecule has 0 spiro atoms. The summed E-state index contributed by atoms with van der Waals surface area (Å²) in [5.41, 5.74) is 6.66. The molecule has 0 bridgehead atoms. The molecule has 0 radical (unpaired) electrons. The van der Waals surface area contributed by atoms with Crippen molar-refractivity contribution in [2.45, 2.75) is 18.8 Å². The standard InChI is InChI=1S/C13H10.C10H9NO2/c1-3-7-12-10(5-1)9-11-6-2-4-8-13(11)12;12-9-6-8(10(13)11-9)7-4-2-1-3-5-7/h1-8H,9H2;1-5,8H,6H2,(H,11,12,13). The normalized spacial score (nSPS) is 17.0. The molecule has 3 heteroatoms. The first kappa shape index (κ1) is 16.3. The number of imide groups is 1. The molecule has 1 atom stereocenters. The quantitative estimate of drug-likeness (QED) is 0.530. The Bertz CT molecular complexity index is 919. The monoisotopic (exact) mass is 341 g/mol. The smallest absolute Gasteiger partial charge is 0.234 e. The average molecular weight is 341 g/mol. The van der Waals surface area contributed by atoms with Crippen LogP contribution in [0, 0.1) is 0 Å². The highest BCUT2D eigenvalue weighted by Crippen LogP contribution is 2.35. The van der Waals surface area contributed by atoms with Crippen LogP contribution in [0.1, 0.15) is 29.0 Å². The van der Waals surface area contributed by atoms with Crippen molar-refractivity contribution in [3.8, 4) is 11.1 Å². The van der Waals surface area contributed by atoms with Crippen molar-refractivity contribution in [2.75, 3.05) is 0 Å². The van der Waals surface area contributed by atoms with Gasteiger partial charge in [0, 0.05) is 6.42 Å². The first-order valence-electron chi connectivity index (χ1n) is 8.77. The van der Waals surface area contributed by atoms with Crippen LogP contribution in [0.25, 0.3) is 11.1 Å². The summed E-state index contributed by atoms with van der Waals surface area (Å²) in [6, 6.07) is 26.7. The van der Waals surface area contributed by atoms with Gasteiger partial charge in [-0.05, 0) is 34.2 Å². The Kier molecular flexibility index (Phi) is 4.36. The highest BCUT2D eigenvalue weighted by atomic mass is 16.2. The lowest BCUT2D eigenvalue weighted by Gasteiger charge is -2.04. The SMILES string of the molecule is O=C1CC(c2ccccc2)C(=O)N1.c1ccc2c(c1)Cc1ccccc1-2. The number of amides is 2. The van der Waals surface area contributed by atoms with E-state index < -0.39 is 0 Å². The Morgan fingerprint density at radius 2 is 1.23 bits per heavy atom. The molecule has 128 valence electrons. The Morgan fingerprint density at radius 1 is 0.692 bits per heavy atom. The van der Waals surface area contributed by atoms with E-state index in [4.69, 9.17) is 0 Å². The average Bonchev–Trinajstić information content (AvgIpc) is 3.22. The van der Waals surface area contributed by atoms with Crippen molar-refractivity contribution in [3.63, 3.8) is 0 Å². The van der Waals surface area contributed by atoms with Gasteiger partial charge in [-0.2, -0.15) is 0 Å². The molecule has 2 aliphatic rings. The number of carbonyl (C=O) groups is 2. The summed E-state index contributed by atoms with van der Waals surface area (Å²) in [5, 5.41) is 2.29. The van der Waals surface area contributed by atoms with Crippen LogP contribution in [-0.4, -0.2) is 11.8 Å². The van der Waals surface area contributed by atoms with Crippen LogP contribution < -0.4 is 5.32 Å². The minimum absolute atomic E-state index is 0.182. The molecular weight excluding hydrogens is 322 g/mol. The largest absolute Gasteiger partial charge is 0.296 e. The molecule has 1 aliphatic carbocycles. The molecule has 3 nitrogen and oxygen atoms in total. The Morgan fingerprint density at radius 3 is 1.77 bits per heavy atom. The van der Waals surface area contributed by atoms with Crippen molar-refractivity contribution in [3.05, 3.63) is 95.6 Å². The molecule has 0 aromatic heterocycles. The summed E-state index contributed by atoms with van der Waals surface area (Å²) in [6.07, 6.45) is 1.38. The predicted octanol–water partition coefficient (Wildman–Crippen LogP) is 4.07. The second-order valence-electron chi connectivity index (χ2n) is 6.57. The van der Waals surface area contributed by atoms with E-state index in [2.05, 4.69) is 53.8 Å². The van der Waals surface area contributed by atoms with Crippen LogP contribution in [0.3, 0.4) is 0 Å². The second kappa shape index (κ2) is 6.96. The highest BCUT2D eigenvalue weighted by molar-refractivity contribution is 6.06. The molecule has 1 aliphatic heterocycles. The van der Waals surface area contributed by atoms with Gasteiger partial charge in [0.2, 0.25) is 11.8 Å². The molecule has 1 heterocycles. The Hall–Kier alpha value is -3.20. The molecule has 5 rings (SSSR count). The number of hydrogen-bond donors (Lipinski definition) is 1. The molecule has 3 aromatic carbocycles. The number of hydrogen-bond acceptors (Lipinski definition) is 2. The summed E-state index contributed by atoms with van der Waals surface area (Å²) in [7, 11) is 0. The maximum Gasteiger partial charge on any atom is 0.234 e. The van der Waals surface area contributed by atoms with Crippen molar-refractivity contribution in [1.29, 1.82) is 0 Å². The van der Waals surface area contributed by atoms with Gasteiger partial charge in [0.25, 0.3) is 0 Å². The van der Waals surface area contributed by atoms with Crippen LogP contribution in [0.15, 0.2) is 78.9 Å². The molecule has 0 saturated carbocycles. The van der Waals surface area contributed by atoms with Gasteiger partial charge in [0.1, 0.15) is 0 Å². The maximum absolute atomic E-state index is 11.3. The summed E-state index contributed by atoms with van der Waals surface area (Å²) >= 11 is 0. The fraction of sp³-hybridized carbons (Fsp3) is 0.130. The molecule has 1 N–H and O–H groups in total. The third-order valence-electron chi connectivity index (χ3n) is 4.88. The Labute approximate surface area is 152 Å². The molecule has 1 saturated heterocycles. The zero-order valence-corrected chi connectivity index (χ0v) is 14.3. The van der Waals surface area contributed by atoms with Crippen LogP contribution >= 0.6 is 0 Å².